The Hall–Kier alpha value is -1.26. The van der Waals surface area contributed by atoms with Crippen LogP contribution in [0.25, 0.3) is 0 Å². The van der Waals surface area contributed by atoms with E-state index in [9.17, 15) is 0 Å². The van der Waals surface area contributed by atoms with Gasteiger partial charge < -0.3 is 15.5 Å². The third-order valence-corrected chi connectivity index (χ3v) is 5.60. The molecule has 2 fully saturated rings. The molecule has 25 heavy (non-hydrogen) atoms. The first kappa shape index (κ1) is 18.5. The van der Waals surface area contributed by atoms with Crippen molar-refractivity contribution in [2.45, 2.75) is 57.0 Å². The van der Waals surface area contributed by atoms with Crippen LogP contribution in [0.5, 0.6) is 0 Å². The van der Waals surface area contributed by atoms with Crippen LogP contribution in [0.4, 0.5) is 0 Å². The predicted molar refractivity (Wildman–Crippen MR) is 107 cm³/mol. The molecule has 0 radical (unpaired) electrons. The van der Waals surface area contributed by atoms with Gasteiger partial charge >= 0.3 is 0 Å². The number of halogens is 1. The van der Waals surface area contributed by atoms with Crippen LogP contribution in [0.2, 0.25) is 5.02 Å². The number of nitrogens with zero attached hydrogens (tertiary/aromatic N) is 2. The molecule has 138 valence electrons. The Labute approximate surface area is 157 Å². The Bertz CT molecular complexity index is 581. The topological polar surface area (TPSA) is 39.7 Å². The lowest BCUT2D eigenvalue weighted by atomic mass is 10.0. The van der Waals surface area contributed by atoms with Crippen LogP contribution in [-0.2, 0) is 0 Å². The number of hydrogen-bond donors (Lipinski definition) is 2. The van der Waals surface area contributed by atoms with Crippen LogP contribution in [-0.4, -0.2) is 49.6 Å². The van der Waals surface area contributed by atoms with Gasteiger partial charge in [-0.25, -0.2) is 0 Å². The highest BCUT2D eigenvalue weighted by Gasteiger charge is 2.39. The van der Waals surface area contributed by atoms with Crippen molar-refractivity contribution in [3.8, 4) is 0 Å². The van der Waals surface area contributed by atoms with Crippen molar-refractivity contribution in [3.63, 3.8) is 0 Å². The van der Waals surface area contributed by atoms with Crippen LogP contribution in [0.15, 0.2) is 29.3 Å². The van der Waals surface area contributed by atoms with Crippen molar-refractivity contribution < 1.29 is 0 Å². The van der Waals surface area contributed by atoms with E-state index in [-0.39, 0.29) is 0 Å². The molecule has 5 heteroatoms. The number of hydrogen-bond acceptors (Lipinski definition) is 2. The molecule has 0 amide bonds. The molecule has 1 aliphatic heterocycles. The molecule has 1 saturated carbocycles. The van der Waals surface area contributed by atoms with Gasteiger partial charge in [-0.1, -0.05) is 37.1 Å². The molecule has 2 aliphatic rings. The summed E-state index contributed by atoms with van der Waals surface area (Å²) in [7, 11) is 1.86. The van der Waals surface area contributed by atoms with Crippen molar-refractivity contribution in [2.24, 2.45) is 4.99 Å². The van der Waals surface area contributed by atoms with E-state index in [4.69, 9.17) is 11.6 Å². The number of aliphatic imine (C=N–C) groups is 1. The summed E-state index contributed by atoms with van der Waals surface area (Å²) in [6.07, 6.45) is 6.15. The van der Waals surface area contributed by atoms with Crippen molar-refractivity contribution in [1.82, 2.24) is 15.5 Å². The minimum Gasteiger partial charge on any atom is -0.354 e. The molecule has 0 spiro atoms. The third kappa shape index (κ3) is 5.35. The van der Waals surface area contributed by atoms with E-state index in [1.54, 1.807) is 0 Å². The molecule has 1 aromatic rings. The van der Waals surface area contributed by atoms with Crippen LogP contribution < -0.4 is 10.6 Å². The first-order valence-electron chi connectivity index (χ1n) is 9.67. The molecule has 1 aromatic carbocycles. The number of nitrogens with one attached hydrogen (secondary N) is 2. The van der Waals surface area contributed by atoms with Gasteiger partial charge in [-0.2, -0.15) is 0 Å². The molecule has 4 nitrogen and oxygen atoms in total. The zero-order valence-corrected chi connectivity index (χ0v) is 16.2. The Kier molecular flexibility index (Phi) is 6.60. The first-order chi connectivity index (χ1) is 12.2. The van der Waals surface area contributed by atoms with Gasteiger partial charge in [-0.3, -0.25) is 4.99 Å². The van der Waals surface area contributed by atoms with Crippen LogP contribution in [0, 0.1) is 0 Å². The molecule has 1 aliphatic carbocycles. The SMILES string of the molecule is CCCCN1CCC(NC(=NC)NC2CC2c2cccc(Cl)c2)CC1. The Morgan fingerprint density at radius 3 is 2.76 bits per heavy atom. The summed E-state index contributed by atoms with van der Waals surface area (Å²) in [4.78, 5) is 7.02. The maximum Gasteiger partial charge on any atom is 0.191 e. The second kappa shape index (κ2) is 8.91. The normalized spacial score (nSPS) is 25.0. The Morgan fingerprint density at radius 1 is 1.28 bits per heavy atom. The number of unbranched alkanes of at least 4 members (excludes halogenated alkanes) is 1. The number of benzene rings is 1. The van der Waals surface area contributed by atoms with E-state index >= 15 is 0 Å². The van der Waals surface area contributed by atoms with Crippen molar-refractivity contribution in [1.29, 1.82) is 0 Å². The fourth-order valence-corrected chi connectivity index (χ4v) is 3.88. The quantitative estimate of drug-likeness (QED) is 0.599. The maximum atomic E-state index is 6.11. The second-order valence-electron chi connectivity index (χ2n) is 7.33. The van der Waals surface area contributed by atoms with E-state index in [1.165, 1.54) is 50.9 Å². The smallest absolute Gasteiger partial charge is 0.191 e. The first-order valence-corrected chi connectivity index (χ1v) is 10.0. The van der Waals surface area contributed by atoms with Gasteiger partial charge in [0.15, 0.2) is 5.96 Å². The lowest BCUT2D eigenvalue weighted by molar-refractivity contribution is 0.203. The van der Waals surface area contributed by atoms with E-state index in [0.29, 0.717) is 18.0 Å². The fourth-order valence-electron chi connectivity index (χ4n) is 3.68. The van der Waals surface area contributed by atoms with Gasteiger partial charge in [-0.15, -0.1) is 0 Å². The Morgan fingerprint density at radius 2 is 2.08 bits per heavy atom. The summed E-state index contributed by atoms with van der Waals surface area (Å²) in [6, 6.07) is 9.22. The second-order valence-corrected chi connectivity index (χ2v) is 7.77. The summed E-state index contributed by atoms with van der Waals surface area (Å²) in [5.41, 5.74) is 1.32. The highest BCUT2D eigenvalue weighted by atomic mass is 35.5. The minimum absolute atomic E-state index is 0.467. The summed E-state index contributed by atoms with van der Waals surface area (Å²) >= 11 is 6.11. The molecule has 2 N–H and O–H groups in total. The van der Waals surface area contributed by atoms with E-state index in [0.717, 1.165) is 17.4 Å². The van der Waals surface area contributed by atoms with Crippen LogP contribution >= 0.6 is 11.6 Å². The zero-order valence-electron chi connectivity index (χ0n) is 15.5. The average Bonchev–Trinajstić information content (AvgIpc) is 3.40. The van der Waals surface area contributed by atoms with Crippen molar-refractivity contribution in [3.05, 3.63) is 34.9 Å². The molecule has 1 saturated heterocycles. The minimum atomic E-state index is 0.467. The van der Waals surface area contributed by atoms with E-state index in [1.807, 2.05) is 19.2 Å². The van der Waals surface area contributed by atoms with Gasteiger partial charge in [-0.05, 0) is 49.9 Å². The largest absolute Gasteiger partial charge is 0.354 e. The van der Waals surface area contributed by atoms with Crippen LogP contribution in [0.3, 0.4) is 0 Å². The molecule has 0 bridgehead atoms. The lowest BCUT2D eigenvalue weighted by Crippen LogP contribution is -2.49. The van der Waals surface area contributed by atoms with Crippen LogP contribution in [0.1, 0.15) is 50.5 Å². The molecule has 1 heterocycles. The lowest BCUT2D eigenvalue weighted by Gasteiger charge is -2.33. The molecular formula is C20H31ClN4. The monoisotopic (exact) mass is 362 g/mol. The molecular weight excluding hydrogens is 332 g/mol. The average molecular weight is 363 g/mol. The number of likely N-dealkylation sites (tertiary alicyclic amines) is 1. The third-order valence-electron chi connectivity index (χ3n) is 5.37. The molecule has 2 unspecified atom stereocenters. The molecule has 3 rings (SSSR count). The fraction of sp³-hybridized carbons (Fsp3) is 0.650. The Balaban J connectivity index is 1.42. The molecule has 0 aromatic heterocycles. The van der Waals surface area contributed by atoms with Gasteiger partial charge in [0.1, 0.15) is 0 Å². The highest BCUT2D eigenvalue weighted by Crippen LogP contribution is 2.41. The van der Waals surface area contributed by atoms with E-state index < -0.39 is 0 Å². The van der Waals surface area contributed by atoms with Crippen molar-refractivity contribution >= 4 is 17.6 Å². The number of guanidine groups is 1. The predicted octanol–water partition coefficient (Wildman–Crippen LogP) is 3.63. The van der Waals surface area contributed by atoms with E-state index in [2.05, 4.69) is 39.6 Å². The standard InChI is InChI=1S/C20H31ClN4/c1-3-4-10-25-11-8-17(9-12-25)23-20(22-2)24-19-14-18(19)15-6-5-7-16(21)13-15/h5-7,13,17-19H,3-4,8-12,14H2,1-2H3,(H2,22,23,24). The maximum absolute atomic E-state index is 6.11. The van der Waals surface area contributed by atoms with Gasteiger partial charge in [0.2, 0.25) is 0 Å². The molecule has 2 atom stereocenters. The zero-order chi connectivity index (χ0) is 17.6. The summed E-state index contributed by atoms with van der Waals surface area (Å²) in [5.74, 6) is 1.50. The van der Waals surface area contributed by atoms with Gasteiger partial charge in [0.25, 0.3) is 0 Å². The van der Waals surface area contributed by atoms with Gasteiger partial charge in [0, 0.05) is 43.2 Å². The number of rotatable bonds is 6. The highest BCUT2D eigenvalue weighted by molar-refractivity contribution is 6.30. The summed E-state index contributed by atoms with van der Waals surface area (Å²) < 4.78 is 0. The number of piperidine rings is 1. The van der Waals surface area contributed by atoms with Gasteiger partial charge in [0.05, 0.1) is 0 Å². The summed E-state index contributed by atoms with van der Waals surface area (Å²) in [5, 5.41) is 8.03. The van der Waals surface area contributed by atoms with Crippen molar-refractivity contribution in [2.75, 3.05) is 26.7 Å². The summed E-state index contributed by atoms with van der Waals surface area (Å²) in [6.45, 7) is 5.91.